The summed E-state index contributed by atoms with van der Waals surface area (Å²) in [5, 5.41) is 10.9. The highest BCUT2D eigenvalue weighted by molar-refractivity contribution is 5.77. The van der Waals surface area contributed by atoms with Crippen molar-refractivity contribution in [3.8, 4) is 0 Å². The van der Waals surface area contributed by atoms with Gasteiger partial charge in [-0.05, 0) is 0 Å². The molecular formula is C19H35NO11. The molecule has 0 spiro atoms. The Morgan fingerprint density at radius 3 is 1.42 bits per heavy atom. The van der Waals surface area contributed by atoms with Gasteiger partial charge in [-0.1, -0.05) is 0 Å². The fourth-order valence-corrected chi connectivity index (χ4v) is 1.93. The molecule has 0 aliphatic heterocycles. The van der Waals surface area contributed by atoms with E-state index in [2.05, 4.69) is 10.1 Å². The van der Waals surface area contributed by atoms with E-state index in [-0.39, 0.29) is 32.0 Å². The zero-order chi connectivity index (χ0) is 22.8. The van der Waals surface area contributed by atoms with Crippen LogP contribution < -0.4 is 5.32 Å². The van der Waals surface area contributed by atoms with Crippen molar-refractivity contribution in [2.45, 2.75) is 12.8 Å². The van der Waals surface area contributed by atoms with Gasteiger partial charge in [0.25, 0.3) is 0 Å². The standard InChI is InChI=1S/C19H35NO11/c21-4-1-2-18(22)20-3-5-25-6-7-26-8-9-27-10-11-28-12-13-29-14-15-30-16-17-31-19(23)24/h4H,1-3,5-17H2,(H,20,22)(H,23,24). The lowest BCUT2D eigenvalue weighted by Gasteiger charge is -2.08. The summed E-state index contributed by atoms with van der Waals surface area (Å²) < 4.78 is 36.0. The van der Waals surface area contributed by atoms with E-state index in [0.717, 1.165) is 0 Å². The first-order chi connectivity index (χ1) is 15.2. The van der Waals surface area contributed by atoms with E-state index in [0.29, 0.717) is 85.5 Å². The second kappa shape index (κ2) is 24.4. The van der Waals surface area contributed by atoms with Crippen LogP contribution in [0.2, 0.25) is 0 Å². The quantitative estimate of drug-likeness (QED) is 0.114. The molecule has 0 atom stereocenters. The number of rotatable bonds is 24. The molecule has 0 aromatic heterocycles. The molecule has 0 radical (unpaired) electrons. The third-order valence-corrected chi connectivity index (χ3v) is 3.37. The number of hydrogen-bond acceptors (Lipinski definition) is 10. The lowest BCUT2D eigenvalue weighted by Crippen LogP contribution is -2.27. The zero-order valence-corrected chi connectivity index (χ0v) is 17.9. The van der Waals surface area contributed by atoms with Crippen LogP contribution in [-0.2, 0) is 42.7 Å². The summed E-state index contributed by atoms with van der Waals surface area (Å²) in [5.74, 6) is -0.159. The molecule has 12 heteroatoms. The van der Waals surface area contributed by atoms with E-state index in [1.54, 1.807) is 0 Å². The van der Waals surface area contributed by atoms with Gasteiger partial charge in [-0.25, -0.2) is 4.79 Å². The predicted molar refractivity (Wildman–Crippen MR) is 107 cm³/mol. The van der Waals surface area contributed by atoms with E-state index in [1.807, 2.05) is 0 Å². The third kappa shape index (κ3) is 26.1. The summed E-state index contributed by atoms with van der Waals surface area (Å²) in [5.41, 5.74) is 0. The summed E-state index contributed by atoms with van der Waals surface area (Å²) in [6.45, 7) is 5.30. The lowest BCUT2D eigenvalue weighted by atomic mass is 10.3. The van der Waals surface area contributed by atoms with Crippen molar-refractivity contribution >= 4 is 18.3 Å². The smallest absolute Gasteiger partial charge is 0.450 e. The number of carbonyl (C=O) groups is 3. The highest BCUT2D eigenvalue weighted by Gasteiger charge is 1.99. The number of carbonyl (C=O) groups excluding carboxylic acids is 2. The molecular weight excluding hydrogens is 418 g/mol. The number of amides is 1. The number of carboxylic acid groups (broad SMARTS) is 1. The zero-order valence-electron chi connectivity index (χ0n) is 17.9. The Morgan fingerprint density at radius 1 is 0.645 bits per heavy atom. The topological polar surface area (TPSA) is 148 Å². The minimum Gasteiger partial charge on any atom is -0.450 e. The molecule has 31 heavy (non-hydrogen) atoms. The summed E-state index contributed by atoms with van der Waals surface area (Å²) in [6.07, 6.45) is -0.165. The maximum Gasteiger partial charge on any atom is 0.505 e. The molecule has 182 valence electrons. The first kappa shape index (κ1) is 29.2. The van der Waals surface area contributed by atoms with Crippen molar-refractivity contribution in [1.29, 1.82) is 0 Å². The number of aldehydes is 1. The first-order valence-corrected chi connectivity index (χ1v) is 10.2. The average Bonchev–Trinajstić information content (AvgIpc) is 2.75. The first-order valence-electron chi connectivity index (χ1n) is 10.2. The maximum atomic E-state index is 11.2. The molecule has 0 saturated heterocycles. The molecule has 0 saturated carbocycles. The van der Waals surface area contributed by atoms with Crippen molar-refractivity contribution in [2.24, 2.45) is 0 Å². The van der Waals surface area contributed by atoms with Crippen LogP contribution in [0.4, 0.5) is 4.79 Å². The Bertz CT molecular complexity index is 437. The number of hydrogen-bond donors (Lipinski definition) is 2. The fraction of sp³-hybridized carbons (Fsp3) is 0.842. The number of ether oxygens (including phenoxy) is 7. The minimum atomic E-state index is -1.32. The monoisotopic (exact) mass is 453 g/mol. The summed E-state index contributed by atoms with van der Waals surface area (Å²) in [6, 6.07) is 0. The van der Waals surface area contributed by atoms with Gasteiger partial charge in [0.1, 0.15) is 12.9 Å². The van der Waals surface area contributed by atoms with E-state index >= 15 is 0 Å². The van der Waals surface area contributed by atoms with Crippen molar-refractivity contribution in [3.05, 3.63) is 0 Å². The van der Waals surface area contributed by atoms with Crippen LogP contribution in [0.1, 0.15) is 12.8 Å². The third-order valence-electron chi connectivity index (χ3n) is 3.37. The molecule has 0 heterocycles. The lowest BCUT2D eigenvalue weighted by molar-refractivity contribution is -0.122. The predicted octanol–water partition coefficient (Wildman–Crippen LogP) is -0.124. The van der Waals surface area contributed by atoms with E-state index < -0.39 is 6.16 Å². The van der Waals surface area contributed by atoms with Crippen LogP contribution in [0.15, 0.2) is 0 Å². The molecule has 1 amide bonds. The maximum absolute atomic E-state index is 11.2. The van der Waals surface area contributed by atoms with E-state index in [9.17, 15) is 14.4 Å². The number of nitrogens with one attached hydrogen (secondary N) is 1. The molecule has 0 fully saturated rings. The van der Waals surface area contributed by atoms with Crippen LogP contribution in [0, 0.1) is 0 Å². The van der Waals surface area contributed by atoms with Crippen molar-refractivity contribution in [1.82, 2.24) is 5.32 Å². The van der Waals surface area contributed by atoms with E-state index in [1.165, 1.54) is 0 Å². The Morgan fingerprint density at radius 2 is 1.03 bits per heavy atom. The van der Waals surface area contributed by atoms with Crippen LogP contribution >= 0.6 is 0 Å². The molecule has 0 aromatic carbocycles. The fourth-order valence-electron chi connectivity index (χ4n) is 1.93. The van der Waals surface area contributed by atoms with Gasteiger partial charge in [-0.3, -0.25) is 4.79 Å². The Balaban J connectivity index is 3.07. The van der Waals surface area contributed by atoms with Gasteiger partial charge >= 0.3 is 6.16 Å². The van der Waals surface area contributed by atoms with Crippen LogP contribution in [0.5, 0.6) is 0 Å². The summed E-state index contributed by atoms with van der Waals surface area (Å²) >= 11 is 0. The highest BCUT2D eigenvalue weighted by atomic mass is 16.7. The van der Waals surface area contributed by atoms with Gasteiger partial charge in [0.2, 0.25) is 5.91 Å². The molecule has 12 nitrogen and oxygen atoms in total. The van der Waals surface area contributed by atoms with Gasteiger partial charge in [0.15, 0.2) is 0 Å². The largest absolute Gasteiger partial charge is 0.505 e. The molecule has 2 N–H and O–H groups in total. The normalized spacial score (nSPS) is 10.7. The van der Waals surface area contributed by atoms with E-state index in [4.69, 9.17) is 33.5 Å². The van der Waals surface area contributed by atoms with Crippen LogP contribution in [0.25, 0.3) is 0 Å². The Hall–Kier alpha value is -1.83. The Labute approximate surface area is 182 Å². The molecule has 0 aliphatic rings. The second-order valence-electron chi connectivity index (χ2n) is 5.84. The van der Waals surface area contributed by atoms with Crippen LogP contribution in [-0.4, -0.2) is 116 Å². The highest BCUT2D eigenvalue weighted by Crippen LogP contribution is 1.86. The summed E-state index contributed by atoms with van der Waals surface area (Å²) in [4.78, 5) is 31.4. The van der Waals surface area contributed by atoms with Gasteiger partial charge < -0.3 is 48.4 Å². The van der Waals surface area contributed by atoms with Gasteiger partial charge in [0, 0.05) is 19.4 Å². The molecule has 0 aliphatic carbocycles. The van der Waals surface area contributed by atoms with Gasteiger partial charge in [-0.15, -0.1) is 0 Å². The van der Waals surface area contributed by atoms with Crippen molar-refractivity contribution < 1.29 is 52.6 Å². The Kier molecular flexibility index (Phi) is 23.0. The van der Waals surface area contributed by atoms with Gasteiger partial charge in [0.05, 0.1) is 79.3 Å². The van der Waals surface area contributed by atoms with Crippen LogP contribution in [0.3, 0.4) is 0 Å². The molecule has 0 rings (SSSR count). The summed E-state index contributed by atoms with van der Waals surface area (Å²) in [7, 11) is 0. The molecule has 0 unspecified atom stereocenters. The average molecular weight is 453 g/mol. The van der Waals surface area contributed by atoms with Crippen molar-refractivity contribution in [3.63, 3.8) is 0 Å². The van der Waals surface area contributed by atoms with Gasteiger partial charge in [-0.2, -0.15) is 0 Å². The SMILES string of the molecule is O=CCCC(=O)NCCOCCOCCOCCOCCOCCOCCOC(=O)O. The van der Waals surface area contributed by atoms with Crippen molar-refractivity contribution in [2.75, 3.05) is 92.4 Å². The molecule has 0 bridgehead atoms. The second-order valence-corrected chi connectivity index (χ2v) is 5.84. The minimum absolute atomic E-state index is 0.00312. The molecule has 0 aromatic rings.